The first-order valence-electron chi connectivity index (χ1n) is 8.53. The molecule has 1 fully saturated rings. The van der Waals surface area contributed by atoms with Gasteiger partial charge >= 0.3 is 5.97 Å². The predicted octanol–water partition coefficient (Wildman–Crippen LogP) is 2.63. The quantitative estimate of drug-likeness (QED) is 0.772. The van der Waals surface area contributed by atoms with E-state index in [0.29, 0.717) is 23.5 Å². The highest BCUT2D eigenvalue weighted by atomic mass is 16.5. The maximum Gasteiger partial charge on any atom is 0.339 e. The summed E-state index contributed by atoms with van der Waals surface area (Å²) < 4.78 is 16.5. The number of primary amides is 1. The van der Waals surface area contributed by atoms with Crippen LogP contribution in [0.1, 0.15) is 34.9 Å². The molecule has 1 aliphatic heterocycles. The van der Waals surface area contributed by atoms with Gasteiger partial charge in [-0.1, -0.05) is 30.3 Å². The highest BCUT2D eigenvalue weighted by Crippen LogP contribution is 2.21. The summed E-state index contributed by atoms with van der Waals surface area (Å²) in [5.41, 5.74) is 6.22. The van der Waals surface area contributed by atoms with E-state index in [0.717, 1.165) is 19.4 Å². The maximum absolute atomic E-state index is 12.3. The number of hydrogen-bond donors (Lipinski definition) is 1. The Kier molecular flexibility index (Phi) is 5.86. The van der Waals surface area contributed by atoms with Crippen molar-refractivity contribution in [2.24, 2.45) is 5.73 Å². The molecule has 0 saturated carbocycles. The summed E-state index contributed by atoms with van der Waals surface area (Å²) >= 11 is 0. The van der Waals surface area contributed by atoms with Gasteiger partial charge in [0.15, 0.2) is 0 Å². The van der Waals surface area contributed by atoms with Gasteiger partial charge in [0.2, 0.25) is 6.10 Å². The van der Waals surface area contributed by atoms with Crippen molar-refractivity contribution < 1.29 is 23.8 Å². The van der Waals surface area contributed by atoms with Crippen LogP contribution in [-0.2, 0) is 14.3 Å². The Morgan fingerprint density at radius 1 is 1.12 bits per heavy atom. The number of carbonyl (C=O) groups is 2. The number of carbonyl (C=O) groups excluding carboxylic acids is 2. The van der Waals surface area contributed by atoms with Crippen molar-refractivity contribution in [3.63, 3.8) is 0 Å². The summed E-state index contributed by atoms with van der Waals surface area (Å²) in [6, 6.07) is 15.2. The van der Waals surface area contributed by atoms with Crippen LogP contribution in [0.15, 0.2) is 54.6 Å². The predicted molar refractivity (Wildman–Crippen MR) is 94.7 cm³/mol. The third kappa shape index (κ3) is 4.61. The topological polar surface area (TPSA) is 87.9 Å². The monoisotopic (exact) mass is 355 g/mol. The fourth-order valence-electron chi connectivity index (χ4n) is 2.75. The van der Waals surface area contributed by atoms with Gasteiger partial charge in [-0.2, -0.15) is 0 Å². The van der Waals surface area contributed by atoms with Crippen LogP contribution >= 0.6 is 0 Å². The van der Waals surface area contributed by atoms with Crippen LogP contribution in [0.25, 0.3) is 0 Å². The van der Waals surface area contributed by atoms with E-state index in [1.54, 1.807) is 54.6 Å². The fraction of sp³-hybridized carbons (Fsp3) is 0.300. The van der Waals surface area contributed by atoms with Crippen LogP contribution in [0, 0.1) is 0 Å². The van der Waals surface area contributed by atoms with E-state index < -0.39 is 18.0 Å². The van der Waals surface area contributed by atoms with Gasteiger partial charge in [-0.05, 0) is 37.1 Å². The molecule has 0 unspecified atom stereocenters. The summed E-state index contributed by atoms with van der Waals surface area (Å²) in [5, 5.41) is 0. The molecule has 1 saturated heterocycles. The highest BCUT2D eigenvalue weighted by molar-refractivity contribution is 5.92. The average molecular weight is 355 g/mol. The molecule has 1 amide bonds. The molecule has 0 aromatic heterocycles. The Hall–Kier alpha value is -2.86. The van der Waals surface area contributed by atoms with Crippen molar-refractivity contribution >= 4 is 11.9 Å². The zero-order valence-electron chi connectivity index (χ0n) is 14.3. The van der Waals surface area contributed by atoms with E-state index in [2.05, 4.69) is 0 Å². The third-order valence-corrected chi connectivity index (χ3v) is 4.14. The van der Waals surface area contributed by atoms with Gasteiger partial charge in [0, 0.05) is 12.2 Å². The molecule has 1 heterocycles. The van der Waals surface area contributed by atoms with E-state index in [1.165, 1.54) is 0 Å². The van der Waals surface area contributed by atoms with Gasteiger partial charge in [-0.25, -0.2) is 4.79 Å². The zero-order valence-corrected chi connectivity index (χ0v) is 14.3. The molecule has 0 bridgehead atoms. The lowest BCUT2D eigenvalue weighted by molar-refractivity contribution is -0.127. The maximum atomic E-state index is 12.3. The number of benzene rings is 2. The molecule has 136 valence electrons. The Morgan fingerprint density at radius 3 is 2.46 bits per heavy atom. The van der Waals surface area contributed by atoms with Crippen LogP contribution in [0.3, 0.4) is 0 Å². The molecule has 1 aliphatic rings. The number of rotatable bonds is 7. The summed E-state index contributed by atoms with van der Waals surface area (Å²) in [7, 11) is 0. The molecule has 2 N–H and O–H groups in total. The first kappa shape index (κ1) is 17.9. The van der Waals surface area contributed by atoms with E-state index in [-0.39, 0.29) is 6.10 Å². The second-order valence-corrected chi connectivity index (χ2v) is 6.07. The summed E-state index contributed by atoms with van der Waals surface area (Å²) in [6.45, 7) is 1.27. The minimum absolute atomic E-state index is 0.127. The molecule has 0 aliphatic carbocycles. The molecule has 6 heteroatoms. The van der Waals surface area contributed by atoms with Crippen LogP contribution < -0.4 is 10.5 Å². The average Bonchev–Trinajstić information content (AvgIpc) is 3.19. The standard InChI is InChI=1S/C20H21NO5/c21-19(22)18(14-5-2-1-3-6-14)26-20(23)15-8-10-16(11-9-15)25-13-17-7-4-12-24-17/h1-3,5-6,8-11,17-18H,4,7,12-13H2,(H2,21,22)/t17-,18+/m0/s1. The molecular weight excluding hydrogens is 334 g/mol. The van der Waals surface area contributed by atoms with E-state index >= 15 is 0 Å². The SMILES string of the molecule is NC(=O)[C@H](OC(=O)c1ccc(OC[C@@H]2CCCO2)cc1)c1ccccc1. The van der Waals surface area contributed by atoms with Crippen molar-refractivity contribution in [1.82, 2.24) is 0 Å². The number of amides is 1. The second kappa shape index (κ2) is 8.49. The molecule has 3 rings (SSSR count). The van der Waals surface area contributed by atoms with Crippen molar-refractivity contribution in [2.75, 3.05) is 13.2 Å². The molecule has 2 aromatic carbocycles. The molecule has 26 heavy (non-hydrogen) atoms. The van der Waals surface area contributed by atoms with E-state index in [4.69, 9.17) is 19.9 Å². The highest BCUT2D eigenvalue weighted by Gasteiger charge is 2.23. The number of nitrogens with two attached hydrogens (primary N) is 1. The smallest absolute Gasteiger partial charge is 0.339 e. The van der Waals surface area contributed by atoms with Crippen molar-refractivity contribution in [2.45, 2.75) is 25.0 Å². The van der Waals surface area contributed by atoms with Crippen molar-refractivity contribution in [1.29, 1.82) is 0 Å². The van der Waals surface area contributed by atoms with E-state index in [9.17, 15) is 9.59 Å². The number of ether oxygens (including phenoxy) is 3. The van der Waals surface area contributed by atoms with Crippen LogP contribution in [0.5, 0.6) is 5.75 Å². The number of esters is 1. The minimum Gasteiger partial charge on any atom is -0.491 e. The lowest BCUT2D eigenvalue weighted by atomic mass is 10.1. The van der Waals surface area contributed by atoms with Gasteiger partial charge in [-0.15, -0.1) is 0 Å². The first-order valence-corrected chi connectivity index (χ1v) is 8.53. The normalized spacial score (nSPS) is 17.5. The van der Waals surface area contributed by atoms with Gasteiger partial charge in [0.25, 0.3) is 5.91 Å². The Balaban J connectivity index is 1.60. The minimum atomic E-state index is -1.13. The van der Waals surface area contributed by atoms with Crippen LogP contribution in [-0.4, -0.2) is 31.2 Å². The molecule has 0 radical (unpaired) electrons. The Labute approximate surface area is 151 Å². The Bertz CT molecular complexity index is 739. The summed E-state index contributed by atoms with van der Waals surface area (Å²) in [4.78, 5) is 24.0. The van der Waals surface area contributed by atoms with Crippen molar-refractivity contribution in [3.05, 3.63) is 65.7 Å². The van der Waals surface area contributed by atoms with Crippen LogP contribution in [0.2, 0.25) is 0 Å². The van der Waals surface area contributed by atoms with Crippen molar-refractivity contribution in [3.8, 4) is 5.75 Å². The second-order valence-electron chi connectivity index (χ2n) is 6.07. The Morgan fingerprint density at radius 2 is 1.85 bits per heavy atom. The van der Waals surface area contributed by atoms with Gasteiger partial charge in [-0.3, -0.25) is 4.79 Å². The third-order valence-electron chi connectivity index (χ3n) is 4.14. The fourth-order valence-corrected chi connectivity index (χ4v) is 2.75. The lowest BCUT2D eigenvalue weighted by Gasteiger charge is -2.15. The lowest BCUT2D eigenvalue weighted by Crippen LogP contribution is -2.26. The van der Waals surface area contributed by atoms with Crippen LogP contribution in [0.4, 0.5) is 0 Å². The molecule has 2 atom stereocenters. The largest absolute Gasteiger partial charge is 0.491 e. The molecule has 0 spiro atoms. The molecular formula is C20H21NO5. The van der Waals surface area contributed by atoms with Gasteiger partial charge in [0.05, 0.1) is 11.7 Å². The molecule has 6 nitrogen and oxygen atoms in total. The molecule has 2 aromatic rings. The number of hydrogen-bond acceptors (Lipinski definition) is 5. The van der Waals surface area contributed by atoms with E-state index in [1.807, 2.05) is 0 Å². The summed E-state index contributed by atoms with van der Waals surface area (Å²) in [5.74, 6) is -0.698. The van der Waals surface area contributed by atoms with Gasteiger partial charge in [0.1, 0.15) is 12.4 Å². The first-order chi connectivity index (χ1) is 12.6. The van der Waals surface area contributed by atoms with Gasteiger partial charge < -0.3 is 19.9 Å². The summed E-state index contributed by atoms with van der Waals surface area (Å²) in [6.07, 6.45) is 1.06. The zero-order chi connectivity index (χ0) is 18.4.